The van der Waals surface area contributed by atoms with E-state index in [-0.39, 0.29) is 17.2 Å². The number of nitrogens with zero attached hydrogens (tertiary/aromatic N) is 4. The minimum Gasteiger partial charge on any atom is -0.345 e. The van der Waals surface area contributed by atoms with E-state index in [0.717, 1.165) is 31.5 Å². The molecular weight excluding hydrogens is 280 g/mol. The molecule has 0 unspecified atom stereocenters. The van der Waals surface area contributed by atoms with E-state index >= 15 is 0 Å². The molecule has 1 aromatic heterocycles. The van der Waals surface area contributed by atoms with Gasteiger partial charge < -0.3 is 9.80 Å². The van der Waals surface area contributed by atoms with Gasteiger partial charge in [-0.2, -0.15) is 0 Å². The lowest BCUT2D eigenvalue weighted by Gasteiger charge is -2.37. The average molecular weight is 302 g/mol. The zero-order chi connectivity index (χ0) is 15.6. The summed E-state index contributed by atoms with van der Waals surface area (Å²) in [7, 11) is 1.86. The molecular formula is C16H22N4O2. The first-order valence-electron chi connectivity index (χ1n) is 7.89. The van der Waals surface area contributed by atoms with Gasteiger partial charge in [-0.05, 0) is 25.7 Å². The van der Waals surface area contributed by atoms with Crippen LogP contribution in [0.5, 0.6) is 0 Å². The monoisotopic (exact) mass is 302 g/mol. The Labute approximate surface area is 130 Å². The molecule has 0 radical (unpaired) electrons. The third-order valence-electron chi connectivity index (χ3n) is 4.87. The normalized spacial score (nSPS) is 25.0. The third-order valence-corrected chi connectivity index (χ3v) is 4.87. The van der Waals surface area contributed by atoms with E-state index < -0.39 is 0 Å². The van der Waals surface area contributed by atoms with Crippen LogP contribution in [0.3, 0.4) is 0 Å². The predicted octanol–water partition coefficient (Wildman–Crippen LogP) is 0.880. The molecule has 6 heteroatoms. The summed E-state index contributed by atoms with van der Waals surface area (Å²) in [5.74, 6) is 0.325. The van der Waals surface area contributed by atoms with Gasteiger partial charge in [-0.3, -0.25) is 19.6 Å². The summed E-state index contributed by atoms with van der Waals surface area (Å²) in [6.07, 6.45) is 8.73. The molecule has 0 bridgehead atoms. The molecule has 2 aliphatic rings. The second kappa shape index (κ2) is 6.02. The summed E-state index contributed by atoms with van der Waals surface area (Å²) in [4.78, 5) is 36.7. The first-order valence-corrected chi connectivity index (χ1v) is 7.89. The van der Waals surface area contributed by atoms with Gasteiger partial charge >= 0.3 is 0 Å². The minimum atomic E-state index is -0.324. The van der Waals surface area contributed by atoms with Gasteiger partial charge in [-0.25, -0.2) is 0 Å². The molecule has 0 N–H and O–H groups in total. The number of hydrogen-bond donors (Lipinski definition) is 0. The molecule has 0 saturated carbocycles. The van der Waals surface area contributed by atoms with Crippen LogP contribution in [-0.2, 0) is 16.0 Å². The highest BCUT2D eigenvalue weighted by atomic mass is 16.2. The van der Waals surface area contributed by atoms with Crippen LogP contribution in [0.25, 0.3) is 0 Å². The molecule has 118 valence electrons. The van der Waals surface area contributed by atoms with Crippen LogP contribution in [0.2, 0.25) is 0 Å². The van der Waals surface area contributed by atoms with E-state index in [2.05, 4.69) is 9.97 Å². The van der Waals surface area contributed by atoms with Crippen molar-refractivity contribution >= 4 is 11.8 Å². The molecule has 22 heavy (non-hydrogen) atoms. The summed E-state index contributed by atoms with van der Waals surface area (Å²) in [6, 6.07) is 0. The highest BCUT2D eigenvalue weighted by Gasteiger charge is 2.48. The molecule has 0 aliphatic carbocycles. The summed E-state index contributed by atoms with van der Waals surface area (Å²) >= 11 is 0. The van der Waals surface area contributed by atoms with Crippen molar-refractivity contribution in [2.45, 2.75) is 32.1 Å². The van der Waals surface area contributed by atoms with Gasteiger partial charge in [0.15, 0.2) is 0 Å². The Bertz CT molecular complexity index is 563. The van der Waals surface area contributed by atoms with Crippen LogP contribution in [-0.4, -0.2) is 58.3 Å². The van der Waals surface area contributed by atoms with Crippen LogP contribution in [0.4, 0.5) is 0 Å². The fourth-order valence-corrected chi connectivity index (χ4v) is 3.58. The largest absolute Gasteiger partial charge is 0.345 e. The number of likely N-dealkylation sites (tertiary alicyclic amines) is 2. The average Bonchev–Trinajstić information content (AvgIpc) is 2.97. The van der Waals surface area contributed by atoms with Gasteiger partial charge in [0.05, 0.1) is 11.1 Å². The first-order chi connectivity index (χ1) is 10.6. The second-order valence-corrected chi connectivity index (χ2v) is 6.37. The number of aryl methyl sites for hydroxylation is 1. The number of piperidine rings is 1. The number of aromatic nitrogens is 2. The van der Waals surface area contributed by atoms with Crippen molar-refractivity contribution in [3.8, 4) is 0 Å². The summed E-state index contributed by atoms with van der Waals surface area (Å²) < 4.78 is 0. The Kier molecular flexibility index (Phi) is 4.09. The van der Waals surface area contributed by atoms with Gasteiger partial charge in [0.2, 0.25) is 11.8 Å². The van der Waals surface area contributed by atoms with Crippen molar-refractivity contribution in [1.82, 2.24) is 19.8 Å². The number of amides is 2. The molecule has 1 spiro atoms. The maximum Gasteiger partial charge on any atom is 0.230 e. The van der Waals surface area contributed by atoms with Crippen molar-refractivity contribution < 1.29 is 9.59 Å². The van der Waals surface area contributed by atoms with Crippen molar-refractivity contribution in [2.24, 2.45) is 5.41 Å². The summed E-state index contributed by atoms with van der Waals surface area (Å²) in [6.45, 7) is 2.11. The fourth-order valence-electron chi connectivity index (χ4n) is 3.58. The Morgan fingerprint density at radius 1 is 1.32 bits per heavy atom. The van der Waals surface area contributed by atoms with Crippen LogP contribution in [0.15, 0.2) is 18.6 Å². The van der Waals surface area contributed by atoms with E-state index in [1.807, 2.05) is 16.8 Å². The number of carbonyl (C=O) groups excluding carboxylic acids is 2. The van der Waals surface area contributed by atoms with Crippen LogP contribution >= 0.6 is 0 Å². The molecule has 3 rings (SSSR count). The third kappa shape index (κ3) is 2.82. The number of rotatable bonds is 3. The van der Waals surface area contributed by atoms with Crippen molar-refractivity contribution in [1.29, 1.82) is 0 Å². The summed E-state index contributed by atoms with van der Waals surface area (Å²) in [5, 5.41) is 0. The number of carbonyl (C=O) groups is 2. The molecule has 2 amide bonds. The standard InChI is InChI=1S/C16H22N4O2/c1-19-9-2-5-16(15(19)22)6-10-20(12-16)14(21)4-3-13-11-17-7-8-18-13/h7-8,11H,2-6,9-10,12H2,1H3/t16-/m0/s1. The quantitative estimate of drug-likeness (QED) is 0.831. The van der Waals surface area contributed by atoms with E-state index in [4.69, 9.17) is 0 Å². The minimum absolute atomic E-state index is 0.114. The van der Waals surface area contributed by atoms with Crippen LogP contribution < -0.4 is 0 Å². The molecule has 2 aliphatic heterocycles. The van der Waals surface area contributed by atoms with Crippen LogP contribution in [0, 0.1) is 5.41 Å². The Hall–Kier alpha value is -1.98. The lowest BCUT2D eigenvalue weighted by molar-refractivity contribution is -0.144. The maximum atomic E-state index is 12.5. The van der Waals surface area contributed by atoms with E-state index in [1.54, 1.807) is 18.6 Å². The Balaban J connectivity index is 1.58. The van der Waals surface area contributed by atoms with Crippen molar-refractivity contribution in [2.75, 3.05) is 26.7 Å². The summed E-state index contributed by atoms with van der Waals surface area (Å²) in [5.41, 5.74) is 0.508. The van der Waals surface area contributed by atoms with E-state index in [0.29, 0.717) is 25.9 Å². The lowest BCUT2D eigenvalue weighted by atomic mass is 9.78. The van der Waals surface area contributed by atoms with Crippen molar-refractivity contribution in [3.05, 3.63) is 24.3 Å². The Morgan fingerprint density at radius 2 is 2.18 bits per heavy atom. The smallest absolute Gasteiger partial charge is 0.230 e. The Morgan fingerprint density at radius 3 is 2.95 bits per heavy atom. The maximum absolute atomic E-state index is 12.5. The first kappa shape index (κ1) is 14.9. The van der Waals surface area contributed by atoms with Gasteiger partial charge in [0.25, 0.3) is 0 Å². The molecule has 1 aromatic rings. The molecule has 1 atom stereocenters. The van der Waals surface area contributed by atoms with Gasteiger partial charge in [-0.15, -0.1) is 0 Å². The highest BCUT2D eigenvalue weighted by molar-refractivity contribution is 5.86. The molecule has 3 heterocycles. The molecule has 0 aromatic carbocycles. The highest BCUT2D eigenvalue weighted by Crippen LogP contribution is 2.39. The SMILES string of the molecule is CN1CCC[C@@]2(CCN(C(=O)CCc3cnccn3)C2)C1=O. The van der Waals surface area contributed by atoms with Gasteiger partial charge in [-0.1, -0.05) is 0 Å². The molecule has 2 fully saturated rings. The topological polar surface area (TPSA) is 66.4 Å². The van der Waals surface area contributed by atoms with E-state index in [1.165, 1.54) is 0 Å². The zero-order valence-electron chi connectivity index (χ0n) is 13.0. The van der Waals surface area contributed by atoms with E-state index in [9.17, 15) is 9.59 Å². The van der Waals surface area contributed by atoms with Crippen molar-refractivity contribution in [3.63, 3.8) is 0 Å². The predicted molar refractivity (Wildman–Crippen MR) is 80.9 cm³/mol. The number of hydrogen-bond acceptors (Lipinski definition) is 4. The van der Waals surface area contributed by atoms with Crippen LogP contribution in [0.1, 0.15) is 31.4 Å². The van der Waals surface area contributed by atoms with Gasteiger partial charge in [0.1, 0.15) is 0 Å². The second-order valence-electron chi connectivity index (χ2n) is 6.37. The molecule has 2 saturated heterocycles. The van der Waals surface area contributed by atoms with Gasteiger partial charge in [0, 0.05) is 51.7 Å². The molecule has 6 nitrogen and oxygen atoms in total. The fraction of sp³-hybridized carbons (Fsp3) is 0.625. The lowest BCUT2D eigenvalue weighted by Crippen LogP contribution is -2.48. The zero-order valence-corrected chi connectivity index (χ0v) is 13.0.